The van der Waals surface area contributed by atoms with Crippen LogP contribution in [0.25, 0.3) is 11.0 Å². The molecule has 1 aliphatic rings. The number of hydrogen-bond acceptors (Lipinski definition) is 4. The highest BCUT2D eigenvalue weighted by molar-refractivity contribution is 7.98. The summed E-state index contributed by atoms with van der Waals surface area (Å²) in [6, 6.07) is 10.4. The summed E-state index contributed by atoms with van der Waals surface area (Å²) in [5.41, 5.74) is 3.16. The van der Waals surface area contributed by atoms with Gasteiger partial charge < -0.3 is 4.98 Å². The van der Waals surface area contributed by atoms with E-state index in [4.69, 9.17) is 0 Å². The van der Waals surface area contributed by atoms with Crippen LogP contribution in [0.5, 0.6) is 0 Å². The molecule has 5 heteroatoms. The van der Waals surface area contributed by atoms with Gasteiger partial charge in [0.05, 0.1) is 16.6 Å². The van der Waals surface area contributed by atoms with Crippen molar-refractivity contribution < 1.29 is 9.59 Å². The third-order valence-corrected chi connectivity index (χ3v) is 4.30. The van der Waals surface area contributed by atoms with Crippen molar-refractivity contribution in [2.24, 2.45) is 0 Å². The number of thioether (sulfide) groups is 1. The summed E-state index contributed by atoms with van der Waals surface area (Å²) in [4.78, 5) is 32.9. The number of fused-ring (bicyclic) bond motifs is 4. The number of aromatic nitrogens is 2. The lowest BCUT2D eigenvalue weighted by Crippen LogP contribution is -2.21. The van der Waals surface area contributed by atoms with Gasteiger partial charge in [-0.05, 0) is 18.4 Å². The molecule has 1 aromatic heterocycles. The number of aromatic amines is 1. The van der Waals surface area contributed by atoms with E-state index in [0.717, 1.165) is 5.16 Å². The zero-order valence-corrected chi connectivity index (χ0v) is 12.0. The van der Waals surface area contributed by atoms with Crippen LogP contribution in [-0.4, -0.2) is 27.8 Å². The van der Waals surface area contributed by atoms with E-state index in [-0.39, 0.29) is 11.6 Å². The number of carbonyl (C=O) groups is 2. The summed E-state index contributed by atoms with van der Waals surface area (Å²) in [7, 11) is 0. The molecule has 0 fully saturated rings. The lowest BCUT2D eigenvalue weighted by Gasteiger charge is -2.17. The van der Waals surface area contributed by atoms with Gasteiger partial charge in [0.15, 0.2) is 16.7 Å². The van der Waals surface area contributed by atoms with Gasteiger partial charge in [-0.2, -0.15) is 0 Å². The van der Waals surface area contributed by atoms with E-state index < -0.39 is 0 Å². The molecule has 1 heterocycles. The maximum absolute atomic E-state index is 12.8. The molecular weight excluding hydrogens is 284 g/mol. The van der Waals surface area contributed by atoms with Crippen LogP contribution in [0, 0.1) is 0 Å². The van der Waals surface area contributed by atoms with Crippen LogP contribution in [0.15, 0.2) is 41.6 Å². The van der Waals surface area contributed by atoms with Crippen LogP contribution in [0.4, 0.5) is 0 Å². The minimum atomic E-state index is -0.123. The SMILES string of the molecule is CSc1nc2ccc3c(c2[nH]1)C(=O)c1ccccc1C3=O. The molecule has 0 spiro atoms. The number of nitrogens with zero attached hydrogens (tertiary/aromatic N) is 1. The minimum absolute atomic E-state index is 0.109. The minimum Gasteiger partial charge on any atom is -0.332 e. The van der Waals surface area contributed by atoms with Crippen molar-refractivity contribution in [1.82, 2.24) is 9.97 Å². The topological polar surface area (TPSA) is 62.8 Å². The number of nitrogens with one attached hydrogen (secondary N) is 1. The lowest BCUT2D eigenvalue weighted by atomic mass is 9.83. The highest BCUT2D eigenvalue weighted by atomic mass is 32.2. The van der Waals surface area contributed by atoms with E-state index >= 15 is 0 Å². The summed E-state index contributed by atoms with van der Waals surface area (Å²) < 4.78 is 0. The molecule has 0 amide bonds. The molecular formula is C16H10N2O2S. The zero-order valence-electron chi connectivity index (χ0n) is 11.1. The molecule has 0 bridgehead atoms. The van der Waals surface area contributed by atoms with Crippen LogP contribution in [0.3, 0.4) is 0 Å². The number of carbonyl (C=O) groups excluding carboxylic acids is 2. The van der Waals surface area contributed by atoms with Gasteiger partial charge in [0, 0.05) is 16.7 Å². The molecule has 4 nitrogen and oxygen atoms in total. The van der Waals surface area contributed by atoms with Crippen molar-refractivity contribution in [2.45, 2.75) is 5.16 Å². The number of ketones is 2. The van der Waals surface area contributed by atoms with E-state index in [0.29, 0.717) is 33.3 Å². The predicted octanol–water partition coefficient (Wildman–Crippen LogP) is 3.06. The largest absolute Gasteiger partial charge is 0.332 e. The summed E-state index contributed by atoms with van der Waals surface area (Å²) in [5, 5.41) is 0.734. The lowest BCUT2D eigenvalue weighted by molar-refractivity contribution is 0.0980. The third-order valence-electron chi connectivity index (χ3n) is 3.72. The second-order valence-electron chi connectivity index (χ2n) is 4.83. The Hall–Kier alpha value is -2.40. The van der Waals surface area contributed by atoms with E-state index in [1.807, 2.05) is 6.26 Å². The first kappa shape index (κ1) is 12.3. The molecule has 0 saturated carbocycles. The van der Waals surface area contributed by atoms with Gasteiger partial charge >= 0.3 is 0 Å². The predicted molar refractivity (Wildman–Crippen MR) is 81.2 cm³/mol. The highest BCUT2D eigenvalue weighted by Crippen LogP contribution is 2.32. The van der Waals surface area contributed by atoms with E-state index in [1.165, 1.54) is 11.8 Å². The maximum Gasteiger partial charge on any atom is 0.196 e. The van der Waals surface area contributed by atoms with E-state index in [2.05, 4.69) is 9.97 Å². The molecule has 0 radical (unpaired) electrons. The van der Waals surface area contributed by atoms with Crippen molar-refractivity contribution in [3.63, 3.8) is 0 Å². The second-order valence-corrected chi connectivity index (χ2v) is 5.63. The number of hydrogen-bond donors (Lipinski definition) is 1. The maximum atomic E-state index is 12.8. The van der Waals surface area contributed by atoms with Gasteiger partial charge in [-0.1, -0.05) is 36.0 Å². The molecule has 4 rings (SSSR count). The van der Waals surface area contributed by atoms with Gasteiger partial charge in [0.2, 0.25) is 0 Å². The smallest absolute Gasteiger partial charge is 0.196 e. The van der Waals surface area contributed by atoms with Gasteiger partial charge in [-0.3, -0.25) is 9.59 Å². The number of rotatable bonds is 1. The quantitative estimate of drug-likeness (QED) is 0.548. The Balaban J connectivity index is 2.08. The zero-order chi connectivity index (χ0) is 14.6. The van der Waals surface area contributed by atoms with E-state index in [9.17, 15) is 9.59 Å². The van der Waals surface area contributed by atoms with Gasteiger partial charge in [0.25, 0.3) is 0 Å². The summed E-state index contributed by atoms with van der Waals surface area (Å²) in [6.45, 7) is 0. The van der Waals surface area contributed by atoms with Crippen molar-refractivity contribution >= 4 is 34.4 Å². The Morgan fingerprint density at radius 2 is 1.67 bits per heavy atom. The summed E-state index contributed by atoms with van der Waals surface area (Å²) in [6.07, 6.45) is 1.91. The molecule has 0 atom stereocenters. The van der Waals surface area contributed by atoms with Gasteiger partial charge in [-0.25, -0.2) is 4.98 Å². The highest BCUT2D eigenvalue weighted by Gasteiger charge is 2.31. The van der Waals surface area contributed by atoms with E-state index in [1.54, 1.807) is 36.4 Å². The Morgan fingerprint density at radius 3 is 2.38 bits per heavy atom. The summed E-state index contributed by atoms with van der Waals surface area (Å²) in [5.74, 6) is -0.232. The van der Waals surface area contributed by atoms with Crippen LogP contribution in [0.1, 0.15) is 31.8 Å². The molecule has 1 N–H and O–H groups in total. The molecule has 0 aliphatic heterocycles. The van der Waals surface area contributed by atoms with Crippen LogP contribution in [-0.2, 0) is 0 Å². The summed E-state index contributed by atoms with van der Waals surface area (Å²) >= 11 is 1.47. The second kappa shape index (κ2) is 4.30. The van der Waals surface area contributed by atoms with Crippen molar-refractivity contribution in [3.05, 3.63) is 58.7 Å². The number of imidazole rings is 1. The van der Waals surface area contributed by atoms with Crippen LogP contribution < -0.4 is 0 Å². The van der Waals surface area contributed by atoms with Gasteiger partial charge in [0.1, 0.15) is 0 Å². The molecule has 21 heavy (non-hydrogen) atoms. The molecule has 102 valence electrons. The monoisotopic (exact) mass is 294 g/mol. The van der Waals surface area contributed by atoms with Gasteiger partial charge in [-0.15, -0.1) is 0 Å². The number of H-pyrrole nitrogens is 1. The Labute approximate surface area is 124 Å². The normalized spacial score (nSPS) is 13.4. The average Bonchev–Trinajstić information content (AvgIpc) is 2.95. The fourth-order valence-electron chi connectivity index (χ4n) is 2.74. The average molecular weight is 294 g/mol. The first-order valence-electron chi connectivity index (χ1n) is 6.46. The number of benzene rings is 2. The first-order valence-corrected chi connectivity index (χ1v) is 7.68. The van der Waals surface area contributed by atoms with Crippen molar-refractivity contribution in [3.8, 4) is 0 Å². The molecule has 0 saturated heterocycles. The van der Waals surface area contributed by atoms with Crippen molar-refractivity contribution in [1.29, 1.82) is 0 Å². The standard InChI is InChI=1S/C16H10N2O2S/c1-21-16-17-11-7-6-10-12(13(11)18-16)15(20)9-5-3-2-4-8(9)14(10)19/h2-7H,1H3,(H,17,18). The first-order chi connectivity index (χ1) is 10.2. The fourth-order valence-corrected chi connectivity index (χ4v) is 3.13. The Bertz CT molecular complexity index is 927. The molecule has 1 aliphatic carbocycles. The van der Waals surface area contributed by atoms with Crippen LogP contribution in [0.2, 0.25) is 0 Å². The molecule has 3 aromatic rings. The molecule has 2 aromatic carbocycles. The molecule has 0 unspecified atom stereocenters. The van der Waals surface area contributed by atoms with Crippen LogP contribution >= 0.6 is 11.8 Å². The Kier molecular flexibility index (Phi) is 2.53. The van der Waals surface area contributed by atoms with Crippen molar-refractivity contribution in [2.75, 3.05) is 6.26 Å². The Morgan fingerprint density at radius 1 is 0.952 bits per heavy atom. The fraction of sp³-hybridized carbons (Fsp3) is 0.0625. The third kappa shape index (κ3) is 1.61.